The summed E-state index contributed by atoms with van der Waals surface area (Å²) in [5, 5.41) is 3.44. The Bertz CT molecular complexity index is 562. The van der Waals surface area contributed by atoms with Gasteiger partial charge < -0.3 is 10.3 Å². The van der Waals surface area contributed by atoms with Crippen LogP contribution in [0.25, 0.3) is 11.3 Å². The van der Waals surface area contributed by atoms with E-state index >= 15 is 0 Å². The van der Waals surface area contributed by atoms with Gasteiger partial charge in [0.1, 0.15) is 5.82 Å². The Morgan fingerprint density at radius 1 is 1.21 bits per heavy atom. The van der Waals surface area contributed by atoms with Crippen molar-refractivity contribution in [2.45, 2.75) is 46.7 Å². The van der Waals surface area contributed by atoms with Gasteiger partial charge in [0, 0.05) is 11.1 Å². The SMILES string of the molecule is Cc1ccc(C)c(-c2cnc(CNC(C)(C)C)[nH]2)c1. The summed E-state index contributed by atoms with van der Waals surface area (Å²) in [5.74, 6) is 0.978. The van der Waals surface area contributed by atoms with Crippen LogP contribution in [0.3, 0.4) is 0 Å². The summed E-state index contributed by atoms with van der Waals surface area (Å²) < 4.78 is 0. The van der Waals surface area contributed by atoms with Crippen molar-refractivity contribution in [3.8, 4) is 11.3 Å². The highest BCUT2D eigenvalue weighted by Crippen LogP contribution is 2.22. The number of H-pyrrole nitrogens is 1. The van der Waals surface area contributed by atoms with Gasteiger partial charge in [0.25, 0.3) is 0 Å². The van der Waals surface area contributed by atoms with Crippen LogP contribution in [0.15, 0.2) is 24.4 Å². The molecule has 0 saturated carbocycles. The molecule has 0 atom stereocenters. The fourth-order valence-electron chi connectivity index (χ4n) is 1.96. The van der Waals surface area contributed by atoms with E-state index in [1.165, 1.54) is 16.7 Å². The fraction of sp³-hybridized carbons (Fsp3) is 0.438. The number of rotatable bonds is 3. The zero-order valence-electron chi connectivity index (χ0n) is 12.5. The lowest BCUT2D eigenvalue weighted by molar-refractivity contribution is 0.418. The number of hydrogen-bond donors (Lipinski definition) is 2. The van der Waals surface area contributed by atoms with Gasteiger partial charge in [-0.15, -0.1) is 0 Å². The van der Waals surface area contributed by atoms with E-state index in [9.17, 15) is 0 Å². The Kier molecular flexibility index (Phi) is 3.76. The highest BCUT2D eigenvalue weighted by Gasteiger charge is 2.11. The minimum absolute atomic E-state index is 0.103. The molecule has 19 heavy (non-hydrogen) atoms. The number of aryl methyl sites for hydroxylation is 2. The summed E-state index contributed by atoms with van der Waals surface area (Å²) in [4.78, 5) is 7.84. The molecule has 0 fully saturated rings. The van der Waals surface area contributed by atoms with E-state index in [-0.39, 0.29) is 5.54 Å². The summed E-state index contributed by atoms with van der Waals surface area (Å²) in [5.41, 5.74) is 4.96. The van der Waals surface area contributed by atoms with Crippen LogP contribution in [-0.2, 0) is 6.54 Å². The lowest BCUT2D eigenvalue weighted by Crippen LogP contribution is -2.35. The summed E-state index contributed by atoms with van der Waals surface area (Å²) in [6.45, 7) is 11.5. The maximum atomic E-state index is 4.45. The van der Waals surface area contributed by atoms with Crippen molar-refractivity contribution in [2.75, 3.05) is 0 Å². The first-order chi connectivity index (χ1) is 8.85. The van der Waals surface area contributed by atoms with Crippen LogP contribution in [0.5, 0.6) is 0 Å². The van der Waals surface area contributed by atoms with E-state index in [2.05, 4.69) is 68.1 Å². The van der Waals surface area contributed by atoms with Crippen molar-refractivity contribution >= 4 is 0 Å². The Morgan fingerprint density at radius 2 is 1.95 bits per heavy atom. The van der Waals surface area contributed by atoms with Crippen molar-refractivity contribution < 1.29 is 0 Å². The molecule has 2 N–H and O–H groups in total. The highest BCUT2D eigenvalue weighted by molar-refractivity contribution is 5.63. The lowest BCUT2D eigenvalue weighted by Gasteiger charge is -2.19. The summed E-state index contributed by atoms with van der Waals surface area (Å²) in [6, 6.07) is 6.49. The number of benzene rings is 1. The van der Waals surface area contributed by atoms with E-state index in [0.29, 0.717) is 0 Å². The topological polar surface area (TPSA) is 40.7 Å². The smallest absolute Gasteiger partial charge is 0.120 e. The molecule has 0 bridgehead atoms. The fourth-order valence-corrected chi connectivity index (χ4v) is 1.96. The molecule has 1 aromatic carbocycles. The molecule has 0 amide bonds. The van der Waals surface area contributed by atoms with Crippen molar-refractivity contribution in [1.29, 1.82) is 0 Å². The van der Waals surface area contributed by atoms with Gasteiger partial charge in [0.05, 0.1) is 18.4 Å². The molecule has 0 aliphatic carbocycles. The quantitative estimate of drug-likeness (QED) is 0.882. The van der Waals surface area contributed by atoms with Gasteiger partial charge in [-0.1, -0.05) is 17.7 Å². The van der Waals surface area contributed by atoms with Gasteiger partial charge in [-0.3, -0.25) is 0 Å². The molecule has 2 rings (SSSR count). The minimum Gasteiger partial charge on any atom is -0.341 e. The van der Waals surface area contributed by atoms with Crippen LogP contribution in [0, 0.1) is 13.8 Å². The first kappa shape index (κ1) is 13.8. The number of aromatic nitrogens is 2. The van der Waals surface area contributed by atoms with Crippen LogP contribution in [0.2, 0.25) is 0 Å². The largest absolute Gasteiger partial charge is 0.341 e. The van der Waals surface area contributed by atoms with E-state index in [1.807, 2.05) is 6.20 Å². The standard InChI is InChI=1S/C16H23N3/c1-11-6-7-12(2)13(8-11)14-9-17-15(19-14)10-18-16(3,4)5/h6-9,18H,10H2,1-5H3,(H,17,19). The van der Waals surface area contributed by atoms with Crippen LogP contribution in [0.1, 0.15) is 37.7 Å². The van der Waals surface area contributed by atoms with Crippen molar-refractivity contribution in [1.82, 2.24) is 15.3 Å². The third kappa shape index (κ3) is 3.67. The Morgan fingerprint density at radius 3 is 2.63 bits per heavy atom. The Hall–Kier alpha value is -1.61. The molecule has 102 valence electrons. The van der Waals surface area contributed by atoms with Gasteiger partial charge in [-0.25, -0.2) is 4.98 Å². The van der Waals surface area contributed by atoms with Crippen LogP contribution >= 0.6 is 0 Å². The van der Waals surface area contributed by atoms with E-state index in [4.69, 9.17) is 0 Å². The van der Waals surface area contributed by atoms with Crippen LogP contribution in [0.4, 0.5) is 0 Å². The van der Waals surface area contributed by atoms with Crippen molar-refractivity contribution in [3.63, 3.8) is 0 Å². The minimum atomic E-state index is 0.103. The second kappa shape index (κ2) is 5.17. The molecule has 1 aromatic heterocycles. The normalized spacial score (nSPS) is 11.8. The average Bonchev–Trinajstić information content (AvgIpc) is 2.77. The second-order valence-electron chi connectivity index (χ2n) is 6.17. The first-order valence-corrected chi connectivity index (χ1v) is 6.72. The zero-order chi connectivity index (χ0) is 14.0. The third-order valence-electron chi connectivity index (χ3n) is 3.10. The average molecular weight is 257 g/mol. The van der Waals surface area contributed by atoms with Crippen LogP contribution in [-0.4, -0.2) is 15.5 Å². The molecule has 0 aliphatic heterocycles. The summed E-state index contributed by atoms with van der Waals surface area (Å²) >= 11 is 0. The molecule has 0 aliphatic rings. The predicted molar refractivity (Wildman–Crippen MR) is 80.1 cm³/mol. The maximum absolute atomic E-state index is 4.45. The molecular weight excluding hydrogens is 234 g/mol. The molecule has 3 nitrogen and oxygen atoms in total. The second-order valence-corrected chi connectivity index (χ2v) is 6.17. The number of hydrogen-bond acceptors (Lipinski definition) is 2. The van der Waals surface area contributed by atoms with Crippen molar-refractivity contribution in [3.05, 3.63) is 41.3 Å². The Balaban J connectivity index is 2.19. The first-order valence-electron chi connectivity index (χ1n) is 6.72. The third-order valence-corrected chi connectivity index (χ3v) is 3.10. The molecule has 2 aromatic rings. The molecular formula is C16H23N3. The predicted octanol–water partition coefficient (Wildman–Crippen LogP) is 3.58. The number of nitrogens with zero attached hydrogens (tertiary/aromatic N) is 1. The summed E-state index contributed by atoms with van der Waals surface area (Å²) in [6.07, 6.45) is 1.92. The number of aromatic amines is 1. The molecule has 0 unspecified atom stereocenters. The maximum Gasteiger partial charge on any atom is 0.120 e. The molecule has 0 saturated heterocycles. The van der Waals surface area contributed by atoms with Gasteiger partial charge in [0.2, 0.25) is 0 Å². The zero-order valence-corrected chi connectivity index (χ0v) is 12.5. The van der Waals surface area contributed by atoms with E-state index in [1.54, 1.807) is 0 Å². The van der Waals surface area contributed by atoms with Gasteiger partial charge >= 0.3 is 0 Å². The molecule has 3 heteroatoms. The van der Waals surface area contributed by atoms with Crippen molar-refractivity contribution in [2.24, 2.45) is 0 Å². The summed E-state index contributed by atoms with van der Waals surface area (Å²) in [7, 11) is 0. The highest BCUT2D eigenvalue weighted by atomic mass is 15.0. The van der Waals surface area contributed by atoms with Gasteiger partial charge in [0.15, 0.2) is 0 Å². The van der Waals surface area contributed by atoms with Crippen LogP contribution < -0.4 is 5.32 Å². The molecule has 1 heterocycles. The number of imidazole rings is 1. The van der Waals surface area contributed by atoms with E-state index in [0.717, 1.165) is 18.1 Å². The molecule has 0 spiro atoms. The Labute approximate surface area is 115 Å². The molecule has 0 radical (unpaired) electrons. The van der Waals surface area contributed by atoms with Gasteiger partial charge in [-0.2, -0.15) is 0 Å². The van der Waals surface area contributed by atoms with E-state index < -0.39 is 0 Å². The number of nitrogens with one attached hydrogen (secondary N) is 2. The lowest BCUT2D eigenvalue weighted by atomic mass is 10.0. The monoisotopic (exact) mass is 257 g/mol. The van der Waals surface area contributed by atoms with Gasteiger partial charge in [-0.05, 0) is 46.2 Å².